The number of pyridine rings is 1. The number of rotatable bonds is 2. The second-order valence-corrected chi connectivity index (χ2v) is 2.97. The summed E-state index contributed by atoms with van der Waals surface area (Å²) in [4.78, 5) is 3.60. The van der Waals surface area contributed by atoms with Crippen LogP contribution in [0.1, 0.15) is 13.8 Å². The van der Waals surface area contributed by atoms with Gasteiger partial charge < -0.3 is 4.74 Å². The molecular formula is C8H9ClFNO. The van der Waals surface area contributed by atoms with Crippen LogP contribution in [0.5, 0.6) is 5.75 Å². The van der Waals surface area contributed by atoms with Crippen LogP contribution in [-0.2, 0) is 0 Å². The Morgan fingerprint density at radius 1 is 1.58 bits per heavy atom. The first-order valence-electron chi connectivity index (χ1n) is 3.57. The van der Waals surface area contributed by atoms with Crippen LogP contribution >= 0.6 is 11.6 Å². The fourth-order valence-electron chi connectivity index (χ4n) is 0.741. The van der Waals surface area contributed by atoms with E-state index in [4.69, 9.17) is 16.3 Å². The van der Waals surface area contributed by atoms with Crippen molar-refractivity contribution in [3.8, 4) is 5.75 Å². The van der Waals surface area contributed by atoms with Crippen molar-refractivity contribution in [1.29, 1.82) is 0 Å². The zero-order valence-electron chi connectivity index (χ0n) is 6.84. The first-order chi connectivity index (χ1) is 5.59. The second kappa shape index (κ2) is 3.72. The third-order valence-corrected chi connectivity index (χ3v) is 1.42. The molecule has 2 nitrogen and oxygen atoms in total. The summed E-state index contributed by atoms with van der Waals surface area (Å²) < 4.78 is 17.8. The van der Waals surface area contributed by atoms with Crippen LogP contribution in [-0.4, -0.2) is 11.1 Å². The van der Waals surface area contributed by atoms with Crippen LogP contribution in [0.2, 0.25) is 5.15 Å². The molecule has 1 heterocycles. The van der Waals surface area contributed by atoms with E-state index in [9.17, 15) is 4.39 Å². The smallest absolute Gasteiger partial charge is 0.171 e. The first kappa shape index (κ1) is 9.26. The molecule has 1 rings (SSSR count). The molecule has 0 bridgehead atoms. The van der Waals surface area contributed by atoms with E-state index in [1.807, 2.05) is 13.8 Å². The topological polar surface area (TPSA) is 22.1 Å². The van der Waals surface area contributed by atoms with Gasteiger partial charge in [0.2, 0.25) is 0 Å². The van der Waals surface area contributed by atoms with E-state index in [2.05, 4.69) is 4.98 Å². The first-order valence-corrected chi connectivity index (χ1v) is 3.95. The van der Waals surface area contributed by atoms with Gasteiger partial charge >= 0.3 is 0 Å². The third kappa shape index (κ3) is 2.34. The summed E-state index contributed by atoms with van der Waals surface area (Å²) in [6.45, 7) is 3.67. The molecule has 0 unspecified atom stereocenters. The Balaban J connectivity index is 2.90. The number of nitrogens with zero attached hydrogens (tertiary/aromatic N) is 1. The molecule has 0 saturated carbocycles. The van der Waals surface area contributed by atoms with Gasteiger partial charge in [0.1, 0.15) is 5.82 Å². The molecule has 0 radical (unpaired) electrons. The molecule has 0 atom stereocenters. The number of ether oxygens (including phenoxy) is 1. The SMILES string of the molecule is CC(C)Oc1cc(F)cnc1Cl. The number of hydrogen-bond acceptors (Lipinski definition) is 2. The lowest BCUT2D eigenvalue weighted by Crippen LogP contribution is -2.06. The second-order valence-electron chi connectivity index (χ2n) is 2.61. The van der Waals surface area contributed by atoms with Crippen molar-refractivity contribution >= 4 is 11.6 Å². The Labute approximate surface area is 75.3 Å². The van der Waals surface area contributed by atoms with Crippen molar-refractivity contribution in [2.24, 2.45) is 0 Å². The average molecular weight is 190 g/mol. The van der Waals surface area contributed by atoms with Crippen LogP contribution in [0, 0.1) is 5.82 Å². The molecular weight excluding hydrogens is 181 g/mol. The summed E-state index contributed by atoms with van der Waals surface area (Å²) >= 11 is 5.64. The molecule has 4 heteroatoms. The highest BCUT2D eigenvalue weighted by molar-refractivity contribution is 6.30. The van der Waals surface area contributed by atoms with Crippen LogP contribution in [0.15, 0.2) is 12.3 Å². The molecule has 0 N–H and O–H groups in total. The molecule has 0 fully saturated rings. The number of halogens is 2. The Morgan fingerprint density at radius 3 is 2.83 bits per heavy atom. The normalized spacial score (nSPS) is 10.4. The number of hydrogen-bond donors (Lipinski definition) is 0. The van der Waals surface area contributed by atoms with Gasteiger partial charge in [-0.3, -0.25) is 0 Å². The molecule has 1 aromatic rings. The van der Waals surface area contributed by atoms with Gasteiger partial charge in [-0.05, 0) is 13.8 Å². The van der Waals surface area contributed by atoms with Crippen LogP contribution in [0.3, 0.4) is 0 Å². The molecule has 0 amide bonds. The summed E-state index contributed by atoms with van der Waals surface area (Å²) in [5.41, 5.74) is 0. The Morgan fingerprint density at radius 2 is 2.25 bits per heavy atom. The Hall–Kier alpha value is -0.830. The van der Waals surface area contributed by atoms with Gasteiger partial charge in [-0.15, -0.1) is 0 Å². The van der Waals surface area contributed by atoms with Crippen molar-refractivity contribution in [2.75, 3.05) is 0 Å². The van der Waals surface area contributed by atoms with Crippen LogP contribution in [0.25, 0.3) is 0 Å². The minimum Gasteiger partial charge on any atom is -0.488 e. The van der Waals surface area contributed by atoms with E-state index in [0.717, 1.165) is 6.20 Å². The van der Waals surface area contributed by atoms with Crippen molar-refractivity contribution in [3.05, 3.63) is 23.2 Å². The van der Waals surface area contributed by atoms with Crippen LogP contribution in [0.4, 0.5) is 4.39 Å². The highest BCUT2D eigenvalue weighted by Gasteiger charge is 2.05. The molecule has 0 aromatic carbocycles. The van der Waals surface area contributed by atoms with E-state index >= 15 is 0 Å². The predicted molar refractivity (Wildman–Crippen MR) is 45.0 cm³/mol. The van der Waals surface area contributed by atoms with Gasteiger partial charge in [0.25, 0.3) is 0 Å². The minimum atomic E-state index is -0.449. The molecule has 0 aliphatic rings. The summed E-state index contributed by atoms with van der Waals surface area (Å²) in [5.74, 6) is -0.165. The minimum absolute atomic E-state index is 0.0360. The van der Waals surface area contributed by atoms with E-state index in [0.29, 0.717) is 0 Å². The summed E-state index contributed by atoms with van der Waals surface area (Å²) in [7, 11) is 0. The van der Waals surface area contributed by atoms with E-state index in [1.54, 1.807) is 0 Å². The molecule has 66 valence electrons. The fraction of sp³-hybridized carbons (Fsp3) is 0.375. The van der Waals surface area contributed by atoms with Gasteiger partial charge in [0.05, 0.1) is 12.3 Å². The number of aromatic nitrogens is 1. The van der Waals surface area contributed by atoms with Gasteiger partial charge in [0.15, 0.2) is 10.9 Å². The molecule has 0 saturated heterocycles. The fourth-order valence-corrected chi connectivity index (χ4v) is 0.888. The molecule has 12 heavy (non-hydrogen) atoms. The maximum absolute atomic E-state index is 12.6. The maximum atomic E-state index is 12.6. The van der Waals surface area contributed by atoms with Crippen LogP contribution < -0.4 is 4.74 Å². The summed E-state index contributed by atoms with van der Waals surface area (Å²) in [6, 6.07) is 1.22. The van der Waals surface area contributed by atoms with Gasteiger partial charge in [-0.2, -0.15) is 0 Å². The zero-order valence-corrected chi connectivity index (χ0v) is 7.60. The molecule has 1 aromatic heterocycles. The van der Waals surface area contributed by atoms with Crippen molar-refractivity contribution < 1.29 is 9.13 Å². The monoisotopic (exact) mass is 189 g/mol. The average Bonchev–Trinajstić information content (AvgIpc) is 1.96. The van der Waals surface area contributed by atoms with Gasteiger partial charge in [-0.1, -0.05) is 11.6 Å². The standard InChI is InChI=1S/C8H9ClFNO/c1-5(2)12-7-3-6(10)4-11-8(7)9/h3-5H,1-2H3. The van der Waals surface area contributed by atoms with Crippen molar-refractivity contribution in [2.45, 2.75) is 20.0 Å². The molecule has 0 aliphatic heterocycles. The Bertz CT molecular complexity index is 278. The summed E-state index contributed by atoms with van der Waals surface area (Å²) in [5, 5.41) is 0.185. The largest absolute Gasteiger partial charge is 0.488 e. The molecule has 0 spiro atoms. The lowest BCUT2D eigenvalue weighted by atomic mass is 10.4. The lowest BCUT2D eigenvalue weighted by Gasteiger charge is -2.09. The van der Waals surface area contributed by atoms with Gasteiger partial charge in [0, 0.05) is 6.07 Å². The van der Waals surface area contributed by atoms with Crippen molar-refractivity contribution in [1.82, 2.24) is 4.98 Å². The van der Waals surface area contributed by atoms with Crippen molar-refractivity contribution in [3.63, 3.8) is 0 Å². The zero-order chi connectivity index (χ0) is 9.14. The quantitative estimate of drug-likeness (QED) is 0.668. The lowest BCUT2D eigenvalue weighted by molar-refractivity contribution is 0.240. The summed E-state index contributed by atoms with van der Waals surface area (Å²) in [6.07, 6.45) is 1.02. The predicted octanol–water partition coefficient (Wildman–Crippen LogP) is 2.66. The van der Waals surface area contributed by atoms with E-state index in [-0.39, 0.29) is 17.0 Å². The maximum Gasteiger partial charge on any atom is 0.171 e. The Kier molecular flexibility index (Phi) is 2.87. The van der Waals surface area contributed by atoms with E-state index in [1.165, 1.54) is 6.07 Å². The highest BCUT2D eigenvalue weighted by Crippen LogP contribution is 2.22. The third-order valence-electron chi connectivity index (χ3n) is 1.14. The van der Waals surface area contributed by atoms with Gasteiger partial charge in [-0.25, -0.2) is 9.37 Å². The highest BCUT2D eigenvalue weighted by atomic mass is 35.5. The van der Waals surface area contributed by atoms with E-state index < -0.39 is 5.82 Å². The molecule has 0 aliphatic carbocycles.